The Hall–Kier alpha value is -0.294. The summed E-state index contributed by atoms with van der Waals surface area (Å²) in [5.41, 5.74) is -1.56. The monoisotopic (exact) mass is 240 g/mol. The number of carbonyl (C=O) groups is 2. The van der Waals surface area contributed by atoms with Crippen LogP contribution < -0.4 is 0 Å². The van der Waals surface area contributed by atoms with Gasteiger partial charge in [-0.25, -0.2) is 0 Å². The second kappa shape index (κ2) is 6.44. The van der Waals surface area contributed by atoms with E-state index in [-0.39, 0.29) is 35.4 Å². The van der Waals surface area contributed by atoms with Crippen LogP contribution in [0.2, 0.25) is 0 Å². The molecule has 5 heteroatoms. The minimum Gasteiger partial charge on any atom is -0.480 e. The predicted octanol–water partition coefficient (Wildman–Crippen LogP) is 1.22. The zero-order valence-corrected chi connectivity index (χ0v) is 9.03. The lowest BCUT2D eigenvalue weighted by atomic mass is 9.67. The van der Waals surface area contributed by atoms with Crippen LogP contribution in [0.4, 0.5) is 0 Å². The summed E-state index contributed by atoms with van der Waals surface area (Å²) in [4.78, 5) is 22.4. The molecule has 1 aliphatic carbocycles. The fourth-order valence-electron chi connectivity index (χ4n) is 2.63. The van der Waals surface area contributed by atoms with E-state index in [4.69, 9.17) is 10.2 Å². The molecule has 0 aromatic heterocycles. The molecular formula is C11H20MgO4. The molecule has 0 aromatic rings. The van der Waals surface area contributed by atoms with E-state index in [0.29, 0.717) is 0 Å². The van der Waals surface area contributed by atoms with Gasteiger partial charge in [0.05, 0.1) is 0 Å². The highest BCUT2D eigenvalue weighted by Crippen LogP contribution is 2.41. The summed E-state index contributed by atoms with van der Waals surface area (Å²) < 4.78 is 0. The summed E-state index contributed by atoms with van der Waals surface area (Å²) in [6, 6.07) is 0. The Kier molecular flexibility index (Phi) is 6.33. The summed E-state index contributed by atoms with van der Waals surface area (Å²) in [7, 11) is 0. The van der Waals surface area contributed by atoms with Crippen molar-refractivity contribution in [1.82, 2.24) is 0 Å². The Morgan fingerprint density at radius 3 is 1.88 bits per heavy atom. The van der Waals surface area contributed by atoms with Crippen molar-refractivity contribution >= 4 is 35.0 Å². The van der Waals surface area contributed by atoms with Crippen LogP contribution >= 0.6 is 0 Å². The Morgan fingerprint density at radius 2 is 1.56 bits per heavy atom. The van der Waals surface area contributed by atoms with Gasteiger partial charge in [-0.15, -0.1) is 0 Å². The van der Waals surface area contributed by atoms with Crippen LogP contribution in [-0.2, 0) is 9.59 Å². The van der Waals surface area contributed by atoms with Crippen LogP contribution in [0.1, 0.15) is 45.4 Å². The normalized spacial score (nSPS) is 17.6. The third kappa shape index (κ3) is 2.69. The molecule has 0 aliphatic heterocycles. The lowest BCUT2D eigenvalue weighted by molar-refractivity contribution is -0.170. The smallest absolute Gasteiger partial charge is 0.321 e. The average Bonchev–Trinajstić information content (AvgIpc) is 2.20. The topological polar surface area (TPSA) is 74.6 Å². The number of carboxylic acids is 2. The quantitative estimate of drug-likeness (QED) is 0.572. The average molecular weight is 241 g/mol. The van der Waals surface area contributed by atoms with Crippen molar-refractivity contribution in [3.05, 3.63) is 0 Å². The van der Waals surface area contributed by atoms with Gasteiger partial charge in [-0.1, -0.05) is 26.2 Å². The van der Waals surface area contributed by atoms with Crippen LogP contribution in [0.15, 0.2) is 0 Å². The van der Waals surface area contributed by atoms with E-state index in [1.165, 1.54) is 0 Å². The molecule has 1 saturated carbocycles. The maximum atomic E-state index is 11.2. The van der Waals surface area contributed by atoms with Gasteiger partial charge >= 0.3 is 35.0 Å². The van der Waals surface area contributed by atoms with Crippen LogP contribution in [-0.4, -0.2) is 45.2 Å². The largest absolute Gasteiger partial charge is 0.480 e. The molecule has 0 radical (unpaired) electrons. The minimum absolute atomic E-state index is 0. The summed E-state index contributed by atoms with van der Waals surface area (Å²) in [6.07, 6.45) is 4.62. The van der Waals surface area contributed by atoms with Gasteiger partial charge in [0.25, 0.3) is 0 Å². The second-order valence-corrected chi connectivity index (χ2v) is 4.27. The molecule has 1 aliphatic rings. The fourth-order valence-corrected chi connectivity index (χ4v) is 2.63. The van der Waals surface area contributed by atoms with Crippen molar-refractivity contribution in [2.45, 2.75) is 45.4 Å². The zero-order chi connectivity index (χ0) is 11.5. The zero-order valence-electron chi connectivity index (χ0n) is 9.03. The molecule has 0 spiro atoms. The molecule has 1 fully saturated rings. The molecule has 1 rings (SSSR count). The standard InChI is InChI=1S/C11H18O4.Mg.2H/c1-2-11(9(12)13,10(14)15)8-6-4-3-5-7-8;;;/h8H,2-7H2,1H3,(H,12,13)(H,14,15);;;. The third-order valence-corrected chi connectivity index (χ3v) is 3.62. The molecule has 16 heavy (non-hydrogen) atoms. The van der Waals surface area contributed by atoms with E-state index in [1.807, 2.05) is 0 Å². The Balaban J connectivity index is 0.00000225. The van der Waals surface area contributed by atoms with E-state index >= 15 is 0 Å². The molecule has 4 nitrogen and oxygen atoms in total. The van der Waals surface area contributed by atoms with Gasteiger partial charge in [-0.2, -0.15) is 0 Å². The van der Waals surface area contributed by atoms with Crippen molar-refractivity contribution in [1.29, 1.82) is 0 Å². The number of aliphatic carboxylic acids is 2. The van der Waals surface area contributed by atoms with Gasteiger partial charge in [0.15, 0.2) is 5.41 Å². The fraction of sp³-hybridized carbons (Fsp3) is 0.818. The predicted molar refractivity (Wildman–Crippen MR) is 63.1 cm³/mol. The van der Waals surface area contributed by atoms with Crippen molar-refractivity contribution in [3.8, 4) is 0 Å². The number of rotatable bonds is 4. The molecule has 0 bridgehead atoms. The first-order valence-corrected chi connectivity index (χ1v) is 5.52. The molecule has 0 atom stereocenters. The van der Waals surface area contributed by atoms with Gasteiger partial charge in [0, 0.05) is 0 Å². The number of hydrogen-bond donors (Lipinski definition) is 2. The first-order valence-electron chi connectivity index (χ1n) is 5.52. The minimum atomic E-state index is -1.56. The summed E-state index contributed by atoms with van der Waals surface area (Å²) in [6.45, 7) is 1.65. The maximum absolute atomic E-state index is 11.2. The number of hydrogen-bond acceptors (Lipinski definition) is 2. The van der Waals surface area contributed by atoms with Crippen LogP contribution in [0.25, 0.3) is 0 Å². The maximum Gasteiger partial charge on any atom is 0.321 e. The highest BCUT2D eigenvalue weighted by atomic mass is 24.3. The Bertz CT molecular complexity index is 245. The highest BCUT2D eigenvalue weighted by Gasteiger charge is 2.51. The lowest BCUT2D eigenvalue weighted by Crippen LogP contribution is -2.46. The van der Waals surface area contributed by atoms with Crippen molar-refractivity contribution in [2.75, 3.05) is 0 Å². The van der Waals surface area contributed by atoms with Crippen molar-refractivity contribution in [3.63, 3.8) is 0 Å². The number of carboxylic acid groups (broad SMARTS) is 2. The van der Waals surface area contributed by atoms with Gasteiger partial charge in [-0.3, -0.25) is 9.59 Å². The molecule has 2 N–H and O–H groups in total. The molecule has 0 heterocycles. The summed E-state index contributed by atoms with van der Waals surface area (Å²) >= 11 is 0. The van der Waals surface area contributed by atoms with E-state index in [1.54, 1.807) is 6.92 Å². The Morgan fingerprint density at radius 1 is 1.12 bits per heavy atom. The molecule has 0 amide bonds. The van der Waals surface area contributed by atoms with E-state index in [9.17, 15) is 9.59 Å². The molecule has 0 unspecified atom stereocenters. The summed E-state index contributed by atoms with van der Waals surface area (Å²) in [5.74, 6) is -2.56. The Labute approximate surface area is 112 Å². The van der Waals surface area contributed by atoms with E-state index < -0.39 is 17.4 Å². The summed E-state index contributed by atoms with van der Waals surface area (Å²) in [5, 5.41) is 18.3. The van der Waals surface area contributed by atoms with Gasteiger partial charge in [-0.05, 0) is 25.2 Å². The highest BCUT2D eigenvalue weighted by molar-refractivity contribution is 5.98. The van der Waals surface area contributed by atoms with E-state index in [2.05, 4.69) is 0 Å². The lowest BCUT2D eigenvalue weighted by Gasteiger charge is -2.35. The molecule has 0 aromatic carbocycles. The van der Waals surface area contributed by atoms with Gasteiger partial charge in [0.1, 0.15) is 0 Å². The van der Waals surface area contributed by atoms with Crippen molar-refractivity contribution < 1.29 is 19.8 Å². The van der Waals surface area contributed by atoms with Gasteiger partial charge < -0.3 is 10.2 Å². The molecule has 90 valence electrons. The first-order chi connectivity index (χ1) is 7.05. The van der Waals surface area contributed by atoms with Crippen LogP contribution in [0, 0.1) is 11.3 Å². The van der Waals surface area contributed by atoms with Crippen LogP contribution in [0.5, 0.6) is 0 Å². The third-order valence-electron chi connectivity index (χ3n) is 3.62. The SMILES string of the molecule is CCC(C(=O)O)(C(=O)O)C1CCCCC1.[MgH2]. The van der Waals surface area contributed by atoms with Gasteiger partial charge in [0.2, 0.25) is 0 Å². The molecular weight excluding hydrogens is 220 g/mol. The van der Waals surface area contributed by atoms with Crippen molar-refractivity contribution in [2.24, 2.45) is 11.3 Å². The van der Waals surface area contributed by atoms with E-state index in [0.717, 1.165) is 32.1 Å². The van der Waals surface area contributed by atoms with Crippen LogP contribution in [0.3, 0.4) is 0 Å². The first kappa shape index (κ1) is 15.7. The molecule has 0 saturated heterocycles. The second-order valence-electron chi connectivity index (χ2n) is 4.27.